The quantitative estimate of drug-likeness (QED) is 0.524. The van der Waals surface area contributed by atoms with E-state index in [1.165, 1.54) is 6.42 Å². The Bertz CT molecular complexity index is 90.9. The van der Waals surface area contributed by atoms with Gasteiger partial charge in [0.1, 0.15) is 0 Å². The van der Waals surface area contributed by atoms with Gasteiger partial charge in [-0.25, -0.2) is 0 Å². The summed E-state index contributed by atoms with van der Waals surface area (Å²) in [6, 6.07) is 0. The van der Waals surface area contributed by atoms with Crippen molar-refractivity contribution >= 4 is 23.2 Å². The van der Waals surface area contributed by atoms with Crippen molar-refractivity contribution in [3.63, 3.8) is 0 Å². The first-order valence-corrected chi connectivity index (χ1v) is 4.14. The molecule has 0 amide bonds. The summed E-state index contributed by atoms with van der Waals surface area (Å²) in [7, 11) is 0. The molecule has 0 aromatic rings. The van der Waals surface area contributed by atoms with E-state index in [4.69, 9.17) is 23.2 Å². The van der Waals surface area contributed by atoms with E-state index < -0.39 is 0 Å². The topological polar surface area (TPSA) is 0 Å². The van der Waals surface area contributed by atoms with Crippen LogP contribution < -0.4 is 0 Å². The first-order chi connectivity index (χ1) is 4.20. The van der Waals surface area contributed by atoms with E-state index in [0.717, 1.165) is 18.2 Å². The van der Waals surface area contributed by atoms with Crippen LogP contribution in [0.2, 0.25) is 0 Å². The van der Waals surface area contributed by atoms with Crippen molar-refractivity contribution in [2.75, 3.05) is 0 Å². The highest BCUT2D eigenvalue weighted by atomic mass is 35.5. The molecule has 53 valence electrons. The summed E-state index contributed by atoms with van der Waals surface area (Å²) >= 11 is 11.7. The zero-order valence-electron chi connectivity index (χ0n) is 5.53. The van der Waals surface area contributed by atoms with Gasteiger partial charge in [-0.05, 0) is 32.1 Å². The molecule has 0 saturated heterocycles. The predicted molar refractivity (Wildman–Crippen MR) is 41.8 cm³/mol. The lowest BCUT2D eigenvalue weighted by molar-refractivity contribution is 0.615. The van der Waals surface area contributed by atoms with Gasteiger partial charge in [-0.2, -0.15) is 0 Å². The maximum absolute atomic E-state index is 5.88. The van der Waals surface area contributed by atoms with Crippen LogP contribution in [0.3, 0.4) is 0 Å². The Morgan fingerprint density at radius 2 is 2.11 bits per heavy atom. The van der Waals surface area contributed by atoms with Crippen molar-refractivity contribution in [1.29, 1.82) is 0 Å². The van der Waals surface area contributed by atoms with Gasteiger partial charge in [0.25, 0.3) is 0 Å². The fourth-order valence-electron chi connectivity index (χ4n) is 1.29. The van der Waals surface area contributed by atoms with Gasteiger partial charge in [-0.1, -0.05) is 0 Å². The number of hydrogen-bond acceptors (Lipinski definition) is 0. The highest BCUT2D eigenvalue weighted by Gasteiger charge is 2.26. The number of hydrogen-bond donors (Lipinski definition) is 0. The van der Waals surface area contributed by atoms with E-state index in [1.807, 2.05) is 6.92 Å². The molecule has 1 aliphatic rings. The zero-order chi connectivity index (χ0) is 6.85. The van der Waals surface area contributed by atoms with E-state index in [-0.39, 0.29) is 0 Å². The van der Waals surface area contributed by atoms with Crippen LogP contribution in [-0.2, 0) is 0 Å². The first-order valence-electron chi connectivity index (χ1n) is 3.33. The fraction of sp³-hybridized carbons (Fsp3) is 0.857. The molecule has 0 N–H and O–H groups in total. The standard InChI is InChI=1S/C7H11Cl2/c1-5(8)6-2-3-7(9)4-6/h6-7H,2-4H2,1H3. The van der Waals surface area contributed by atoms with Gasteiger partial charge in [0.2, 0.25) is 0 Å². The van der Waals surface area contributed by atoms with Crippen LogP contribution in [0.25, 0.3) is 0 Å². The Kier molecular flexibility index (Phi) is 2.66. The Morgan fingerprint density at radius 3 is 2.33 bits per heavy atom. The van der Waals surface area contributed by atoms with Crippen molar-refractivity contribution < 1.29 is 0 Å². The van der Waals surface area contributed by atoms with Gasteiger partial charge < -0.3 is 0 Å². The molecule has 2 unspecified atom stereocenters. The third kappa shape index (κ3) is 2.01. The maximum Gasteiger partial charge on any atom is 0.0638 e. The van der Waals surface area contributed by atoms with Crippen molar-refractivity contribution in [3.8, 4) is 0 Å². The van der Waals surface area contributed by atoms with Crippen LogP contribution in [-0.4, -0.2) is 5.38 Å². The molecule has 1 saturated carbocycles. The Morgan fingerprint density at radius 1 is 1.44 bits per heavy atom. The van der Waals surface area contributed by atoms with Crippen molar-refractivity contribution in [2.45, 2.75) is 31.6 Å². The van der Waals surface area contributed by atoms with Gasteiger partial charge >= 0.3 is 0 Å². The van der Waals surface area contributed by atoms with Crippen LogP contribution in [0.4, 0.5) is 0 Å². The third-order valence-corrected chi connectivity index (χ3v) is 2.64. The molecule has 9 heavy (non-hydrogen) atoms. The van der Waals surface area contributed by atoms with Crippen LogP contribution >= 0.6 is 23.2 Å². The van der Waals surface area contributed by atoms with Gasteiger partial charge in [0, 0.05) is 5.38 Å². The van der Waals surface area contributed by atoms with E-state index >= 15 is 0 Å². The van der Waals surface area contributed by atoms with Crippen LogP contribution in [0.15, 0.2) is 0 Å². The normalized spacial score (nSPS) is 36.0. The van der Waals surface area contributed by atoms with Gasteiger partial charge in [-0.3, -0.25) is 0 Å². The smallest absolute Gasteiger partial charge is 0.0638 e. The molecule has 0 nitrogen and oxygen atoms in total. The minimum absolute atomic E-state index is 0.378. The molecule has 0 aliphatic heterocycles. The largest absolute Gasteiger partial charge is 0.123 e. The number of rotatable bonds is 1. The molecule has 0 heterocycles. The SMILES string of the molecule is C[C](Cl)C1CCC(Cl)C1. The molecule has 2 atom stereocenters. The van der Waals surface area contributed by atoms with E-state index in [2.05, 4.69) is 0 Å². The molecule has 0 bridgehead atoms. The summed E-state index contributed by atoms with van der Waals surface area (Å²) in [5.41, 5.74) is 0. The Balaban J connectivity index is 2.30. The number of alkyl halides is 1. The lowest BCUT2D eigenvalue weighted by Crippen LogP contribution is -1.99. The first kappa shape index (κ1) is 7.68. The maximum atomic E-state index is 5.88. The van der Waals surface area contributed by atoms with Crippen LogP contribution in [0, 0.1) is 11.3 Å². The lowest BCUT2D eigenvalue weighted by Gasteiger charge is -2.08. The van der Waals surface area contributed by atoms with E-state index in [9.17, 15) is 0 Å². The summed E-state index contributed by atoms with van der Waals surface area (Å²) in [4.78, 5) is 0. The molecule has 0 spiro atoms. The second-order valence-corrected chi connectivity index (χ2v) is 3.91. The highest BCUT2D eigenvalue weighted by Crippen LogP contribution is 2.36. The van der Waals surface area contributed by atoms with Gasteiger partial charge in [0.15, 0.2) is 0 Å². The molecule has 0 aromatic heterocycles. The predicted octanol–water partition coefficient (Wildman–Crippen LogP) is 3.18. The Labute approximate surface area is 66.5 Å². The monoisotopic (exact) mass is 165 g/mol. The molecule has 1 radical (unpaired) electrons. The summed E-state index contributed by atoms with van der Waals surface area (Å²) < 4.78 is 0. The average Bonchev–Trinajstić information content (AvgIpc) is 2.14. The average molecular weight is 166 g/mol. The number of halogens is 2. The van der Waals surface area contributed by atoms with Gasteiger partial charge in [-0.15, -0.1) is 23.2 Å². The van der Waals surface area contributed by atoms with Crippen molar-refractivity contribution in [3.05, 3.63) is 5.38 Å². The Hall–Kier alpha value is 0.580. The highest BCUT2D eigenvalue weighted by molar-refractivity contribution is 6.27. The second-order valence-electron chi connectivity index (χ2n) is 2.69. The van der Waals surface area contributed by atoms with E-state index in [0.29, 0.717) is 11.3 Å². The van der Waals surface area contributed by atoms with Crippen LogP contribution in [0.5, 0.6) is 0 Å². The molecule has 1 fully saturated rings. The summed E-state index contributed by atoms with van der Waals surface area (Å²) in [6.07, 6.45) is 3.40. The fourth-order valence-corrected chi connectivity index (χ4v) is 1.83. The molecular formula is C7H11Cl2. The van der Waals surface area contributed by atoms with Crippen LogP contribution in [0.1, 0.15) is 26.2 Å². The summed E-state index contributed by atoms with van der Waals surface area (Å²) in [5, 5.41) is 1.40. The summed E-state index contributed by atoms with van der Waals surface area (Å²) in [6.45, 7) is 1.97. The van der Waals surface area contributed by atoms with Crippen molar-refractivity contribution in [2.24, 2.45) is 5.92 Å². The molecule has 1 aliphatic carbocycles. The molecular weight excluding hydrogens is 155 g/mol. The summed E-state index contributed by atoms with van der Waals surface area (Å²) in [5.74, 6) is 0.592. The molecule has 2 heteroatoms. The zero-order valence-corrected chi connectivity index (χ0v) is 7.04. The van der Waals surface area contributed by atoms with E-state index in [1.54, 1.807) is 0 Å². The minimum Gasteiger partial charge on any atom is -0.123 e. The minimum atomic E-state index is 0.378. The lowest BCUT2D eigenvalue weighted by atomic mass is 10.1. The van der Waals surface area contributed by atoms with Gasteiger partial charge in [0.05, 0.1) is 5.38 Å². The molecule has 0 aromatic carbocycles. The van der Waals surface area contributed by atoms with Crippen molar-refractivity contribution in [1.82, 2.24) is 0 Å². The third-order valence-electron chi connectivity index (χ3n) is 1.93. The second kappa shape index (κ2) is 3.12. The molecule has 1 rings (SSSR count).